The molecule has 7 atom stereocenters. The number of fused-ring (bicyclic) bond motifs is 1. The lowest BCUT2D eigenvalue weighted by Crippen LogP contribution is -2.45. The number of ether oxygens (including phenoxy) is 4. The first kappa shape index (κ1) is 28.3. The third-order valence-electron chi connectivity index (χ3n) is 6.00. The molecule has 0 aromatic carbocycles. The Bertz CT molecular complexity index is 912. The molecule has 0 amide bonds. The van der Waals surface area contributed by atoms with Crippen molar-refractivity contribution in [2.45, 2.75) is 84.6 Å². The van der Waals surface area contributed by atoms with Gasteiger partial charge in [-0.3, -0.25) is 14.4 Å². The molecule has 0 saturated heterocycles. The van der Waals surface area contributed by atoms with Crippen LogP contribution < -0.4 is 0 Å². The SMILES string of the molecule is C=C1C[C@@H](O)[C@@H](O)C(=C)CC[C@@H]2C([C@@H](OC(C)=O)[C@H](C=C(C)C)OC(C)=O)=CO[C@H](OC(C)=O)[C@@H]12. The fourth-order valence-electron chi connectivity index (χ4n) is 4.56. The number of allylic oxidation sites excluding steroid dienone is 1. The van der Waals surface area contributed by atoms with E-state index in [-0.39, 0.29) is 6.42 Å². The summed E-state index contributed by atoms with van der Waals surface area (Å²) in [6.45, 7) is 15.4. The standard InChI is InChI=1S/C26H36O9/c1-13(2)10-22(33-16(5)27)25(34-17(6)28)20-12-32-26(35-18(7)29)23-15(4)11-21(30)24(31)14(3)8-9-19(20)23/h10,12,19,21-26,30-31H,3-4,8-9,11H2,1-2,5-7H3/t19-,21-,22+,23+,24+,25-,26-/m1/s1. The molecule has 0 unspecified atom stereocenters. The predicted octanol–water partition coefficient (Wildman–Crippen LogP) is 2.87. The molecule has 1 saturated carbocycles. The highest BCUT2D eigenvalue weighted by Crippen LogP contribution is 2.44. The Morgan fingerprint density at radius 2 is 1.66 bits per heavy atom. The fraction of sp³-hybridized carbons (Fsp3) is 0.577. The van der Waals surface area contributed by atoms with Crippen molar-refractivity contribution in [3.63, 3.8) is 0 Å². The lowest BCUT2D eigenvalue weighted by molar-refractivity contribution is -0.183. The second-order valence-electron chi connectivity index (χ2n) is 9.28. The van der Waals surface area contributed by atoms with Crippen molar-refractivity contribution in [2.24, 2.45) is 11.8 Å². The number of rotatable bonds is 6. The van der Waals surface area contributed by atoms with Gasteiger partial charge in [-0.1, -0.05) is 24.3 Å². The molecule has 35 heavy (non-hydrogen) atoms. The van der Waals surface area contributed by atoms with Crippen molar-refractivity contribution in [1.82, 2.24) is 0 Å². The number of carbonyl (C=O) groups is 3. The Balaban J connectivity index is 2.64. The zero-order valence-electron chi connectivity index (χ0n) is 21.0. The van der Waals surface area contributed by atoms with Gasteiger partial charge in [0.05, 0.1) is 18.3 Å². The van der Waals surface area contributed by atoms with Gasteiger partial charge in [-0.15, -0.1) is 0 Å². The molecule has 194 valence electrons. The highest BCUT2D eigenvalue weighted by Gasteiger charge is 2.46. The first-order chi connectivity index (χ1) is 16.3. The van der Waals surface area contributed by atoms with Crippen LogP contribution in [0.1, 0.15) is 53.9 Å². The van der Waals surface area contributed by atoms with E-state index < -0.39 is 60.4 Å². The molecule has 9 nitrogen and oxygen atoms in total. The topological polar surface area (TPSA) is 129 Å². The Labute approximate surface area is 206 Å². The molecule has 1 heterocycles. The smallest absolute Gasteiger partial charge is 0.305 e. The van der Waals surface area contributed by atoms with E-state index in [2.05, 4.69) is 13.2 Å². The predicted molar refractivity (Wildman–Crippen MR) is 126 cm³/mol. The number of esters is 3. The van der Waals surface area contributed by atoms with E-state index >= 15 is 0 Å². The van der Waals surface area contributed by atoms with Gasteiger partial charge in [0, 0.05) is 32.3 Å². The second kappa shape index (κ2) is 12.2. The number of aliphatic hydroxyl groups excluding tert-OH is 2. The van der Waals surface area contributed by atoms with Gasteiger partial charge in [-0.05, 0) is 44.8 Å². The number of aliphatic hydroxyl groups is 2. The van der Waals surface area contributed by atoms with E-state index in [1.165, 1.54) is 27.0 Å². The molecule has 2 rings (SSSR count). The molecule has 9 heteroatoms. The van der Waals surface area contributed by atoms with E-state index in [0.717, 1.165) is 5.57 Å². The maximum absolute atomic E-state index is 12.1. The number of hydrogen-bond donors (Lipinski definition) is 2. The van der Waals surface area contributed by atoms with E-state index in [4.69, 9.17) is 18.9 Å². The first-order valence-corrected chi connectivity index (χ1v) is 11.5. The molecule has 1 aliphatic heterocycles. The lowest BCUT2D eigenvalue weighted by atomic mass is 9.74. The van der Waals surface area contributed by atoms with Crippen LogP contribution >= 0.6 is 0 Å². The summed E-state index contributed by atoms with van der Waals surface area (Å²) >= 11 is 0. The van der Waals surface area contributed by atoms with Gasteiger partial charge in [0.2, 0.25) is 6.29 Å². The third-order valence-corrected chi connectivity index (χ3v) is 6.00. The summed E-state index contributed by atoms with van der Waals surface area (Å²) in [4.78, 5) is 35.8. The molecular formula is C26H36O9. The molecule has 1 fully saturated rings. The van der Waals surface area contributed by atoms with Crippen LogP contribution in [0.4, 0.5) is 0 Å². The van der Waals surface area contributed by atoms with Gasteiger partial charge >= 0.3 is 17.9 Å². The van der Waals surface area contributed by atoms with Crippen molar-refractivity contribution in [3.05, 3.63) is 47.8 Å². The minimum absolute atomic E-state index is 0.00926. The molecule has 2 N–H and O–H groups in total. The van der Waals surface area contributed by atoms with Crippen LogP contribution in [0.5, 0.6) is 0 Å². The van der Waals surface area contributed by atoms with Crippen LogP contribution in [-0.2, 0) is 33.3 Å². The highest BCUT2D eigenvalue weighted by molar-refractivity contribution is 5.68. The minimum Gasteiger partial charge on any atom is -0.462 e. The van der Waals surface area contributed by atoms with E-state index in [1.54, 1.807) is 6.08 Å². The number of carbonyl (C=O) groups excluding carboxylic acids is 3. The molecule has 0 bridgehead atoms. The maximum atomic E-state index is 12.1. The average molecular weight is 493 g/mol. The summed E-state index contributed by atoms with van der Waals surface area (Å²) < 4.78 is 22.4. The molecule has 2 aliphatic rings. The summed E-state index contributed by atoms with van der Waals surface area (Å²) in [5.74, 6) is -2.81. The summed E-state index contributed by atoms with van der Waals surface area (Å²) in [5.41, 5.74) is 2.25. The summed E-state index contributed by atoms with van der Waals surface area (Å²) in [6.07, 6.45) is -1.55. The van der Waals surface area contributed by atoms with Crippen molar-refractivity contribution in [2.75, 3.05) is 0 Å². The quantitative estimate of drug-likeness (QED) is 0.327. The summed E-state index contributed by atoms with van der Waals surface area (Å²) in [7, 11) is 0. The van der Waals surface area contributed by atoms with Gasteiger partial charge in [0.25, 0.3) is 0 Å². The van der Waals surface area contributed by atoms with Gasteiger partial charge in [-0.2, -0.15) is 0 Å². The van der Waals surface area contributed by atoms with E-state index in [9.17, 15) is 24.6 Å². The van der Waals surface area contributed by atoms with E-state index in [0.29, 0.717) is 29.6 Å². The van der Waals surface area contributed by atoms with Crippen LogP contribution in [0.25, 0.3) is 0 Å². The van der Waals surface area contributed by atoms with Crippen LogP contribution in [-0.4, -0.2) is 58.8 Å². The lowest BCUT2D eigenvalue weighted by Gasteiger charge is -2.41. The molecule has 0 aromatic rings. The molecule has 0 radical (unpaired) electrons. The Hall–Kier alpha value is -2.91. The van der Waals surface area contributed by atoms with Crippen LogP contribution in [0, 0.1) is 11.8 Å². The molecule has 1 aliphatic carbocycles. The zero-order valence-corrected chi connectivity index (χ0v) is 21.0. The second-order valence-corrected chi connectivity index (χ2v) is 9.28. The Kier molecular flexibility index (Phi) is 9.85. The van der Waals surface area contributed by atoms with E-state index in [1.807, 2.05) is 13.8 Å². The molecule has 0 spiro atoms. The van der Waals surface area contributed by atoms with Crippen molar-refractivity contribution in [1.29, 1.82) is 0 Å². The Morgan fingerprint density at radius 1 is 1.03 bits per heavy atom. The average Bonchev–Trinajstić information content (AvgIpc) is 2.76. The minimum atomic E-state index is -1.16. The highest BCUT2D eigenvalue weighted by atomic mass is 16.7. The molecule has 0 aromatic heterocycles. The normalized spacial score (nSPS) is 28.4. The van der Waals surface area contributed by atoms with Crippen molar-refractivity contribution >= 4 is 17.9 Å². The van der Waals surface area contributed by atoms with Crippen LogP contribution in [0.3, 0.4) is 0 Å². The summed E-state index contributed by atoms with van der Waals surface area (Å²) in [5, 5.41) is 21.0. The third kappa shape index (κ3) is 7.53. The maximum Gasteiger partial charge on any atom is 0.305 e. The monoisotopic (exact) mass is 492 g/mol. The largest absolute Gasteiger partial charge is 0.462 e. The summed E-state index contributed by atoms with van der Waals surface area (Å²) in [6, 6.07) is 0. The first-order valence-electron chi connectivity index (χ1n) is 11.5. The van der Waals surface area contributed by atoms with Crippen molar-refractivity contribution < 1.29 is 43.5 Å². The zero-order chi connectivity index (χ0) is 26.4. The van der Waals surface area contributed by atoms with Crippen LogP contribution in [0.2, 0.25) is 0 Å². The van der Waals surface area contributed by atoms with Crippen molar-refractivity contribution in [3.8, 4) is 0 Å². The Morgan fingerprint density at radius 3 is 2.20 bits per heavy atom. The number of hydrogen-bond acceptors (Lipinski definition) is 9. The van der Waals surface area contributed by atoms with Gasteiger partial charge in [-0.25, -0.2) is 0 Å². The fourth-order valence-corrected chi connectivity index (χ4v) is 4.56. The van der Waals surface area contributed by atoms with Gasteiger partial charge < -0.3 is 29.2 Å². The molecular weight excluding hydrogens is 456 g/mol. The van der Waals surface area contributed by atoms with Gasteiger partial charge in [0.1, 0.15) is 6.10 Å². The van der Waals surface area contributed by atoms with Crippen LogP contribution in [0.15, 0.2) is 47.8 Å². The van der Waals surface area contributed by atoms with Gasteiger partial charge in [0.15, 0.2) is 12.2 Å².